The van der Waals surface area contributed by atoms with Gasteiger partial charge in [-0.3, -0.25) is 4.79 Å². The number of anilines is 1. The molecule has 0 aliphatic heterocycles. The van der Waals surface area contributed by atoms with Gasteiger partial charge >= 0.3 is 6.09 Å². The quantitative estimate of drug-likeness (QED) is 0.468. The van der Waals surface area contributed by atoms with Crippen LogP contribution in [0.5, 0.6) is 0 Å². The second kappa shape index (κ2) is 11.5. The molecule has 34 heavy (non-hydrogen) atoms. The average molecular weight is 469 g/mol. The first-order valence-electron chi connectivity index (χ1n) is 12.3. The van der Waals surface area contributed by atoms with Gasteiger partial charge in [0.25, 0.3) is 5.91 Å². The minimum Gasteiger partial charge on any atom is -0.444 e. The summed E-state index contributed by atoms with van der Waals surface area (Å²) in [6.07, 6.45) is 6.72. The number of carbonyl (C=O) groups excluding carboxylic acids is 2. The van der Waals surface area contributed by atoms with Crippen LogP contribution in [0.2, 0.25) is 0 Å². The first kappa shape index (κ1) is 25.7. The van der Waals surface area contributed by atoms with Crippen molar-refractivity contribution in [2.45, 2.75) is 84.4 Å². The Bertz CT molecular complexity index is 980. The third-order valence-corrected chi connectivity index (χ3v) is 6.28. The van der Waals surface area contributed by atoms with Crippen molar-refractivity contribution < 1.29 is 18.7 Å². The van der Waals surface area contributed by atoms with Crippen LogP contribution in [0, 0.1) is 11.7 Å². The Labute approximate surface area is 202 Å². The van der Waals surface area contributed by atoms with Crippen LogP contribution in [0.4, 0.5) is 14.9 Å². The highest BCUT2D eigenvalue weighted by Crippen LogP contribution is 2.30. The molecular weight excluding hydrogens is 431 g/mol. The van der Waals surface area contributed by atoms with Crippen LogP contribution in [0.15, 0.2) is 48.5 Å². The van der Waals surface area contributed by atoms with E-state index in [4.69, 9.17) is 4.74 Å². The highest BCUT2D eigenvalue weighted by molar-refractivity contribution is 6.04. The van der Waals surface area contributed by atoms with Gasteiger partial charge in [0.2, 0.25) is 0 Å². The Hall–Kier alpha value is -2.89. The number of benzene rings is 2. The largest absolute Gasteiger partial charge is 0.444 e. The number of nitrogens with zero attached hydrogens (tertiary/aromatic N) is 1. The van der Waals surface area contributed by atoms with E-state index in [1.54, 1.807) is 23.1 Å². The molecule has 0 bridgehead atoms. The van der Waals surface area contributed by atoms with Gasteiger partial charge in [-0.15, -0.1) is 0 Å². The molecule has 2 aromatic rings. The molecule has 6 heteroatoms. The summed E-state index contributed by atoms with van der Waals surface area (Å²) >= 11 is 0. The molecule has 184 valence electrons. The predicted molar refractivity (Wildman–Crippen MR) is 133 cm³/mol. The SMILES string of the molecule is CC(CC1CCCCC1)N(Cc1ccccc1NC(=O)c1ccccc1F)C(=O)OC(C)(C)C. The lowest BCUT2D eigenvalue weighted by atomic mass is 9.85. The number of nitrogens with one attached hydrogen (secondary N) is 1. The van der Waals surface area contributed by atoms with Crippen molar-refractivity contribution >= 4 is 17.7 Å². The topological polar surface area (TPSA) is 58.6 Å². The molecule has 2 amide bonds. The molecule has 0 spiro atoms. The van der Waals surface area contributed by atoms with Crippen LogP contribution >= 0.6 is 0 Å². The number of hydrogen-bond donors (Lipinski definition) is 1. The van der Waals surface area contributed by atoms with E-state index in [-0.39, 0.29) is 24.2 Å². The van der Waals surface area contributed by atoms with Gasteiger partial charge < -0.3 is 15.0 Å². The first-order valence-corrected chi connectivity index (χ1v) is 12.3. The Kier molecular flexibility index (Phi) is 8.70. The maximum atomic E-state index is 14.1. The average Bonchev–Trinajstić information content (AvgIpc) is 2.78. The minimum absolute atomic E-state index is 0.0201. The number of carbonyl (C=O) groups is 2. The lowest BCUT2D eigenvalue weighted by molar-refractivity contribution is 0.0128. The molecule has 0 saturated heterocycles. The fourth-order valence-electron chi connectivity index (χ4n) is 4.55. The minimum atomic E-state index is -0.613. The zero-order valence-corrected chi connectivity index (χ0v) is 20.8. The predicted octanol–water partition coefficient (Wildman–Crippen LogP) is 7.17. The highest BCUT2D eigenvalue weighted by atomic mass is 19.1. The van der Waals surface area contributed by atoms with Crippen molar-refractivity contribution in [3.63, 3.8) is 0 Å². The Morgan fingerprint density at radius 1 is 1.06 bits per heavy atom. The summed E-state index contributed by atoms with van der Waals surface area (Å²) < 4.78 is 19.9. The Balaban J connectivity index is 1.81. The van der Waals surface area contributed by atoms with Crippen LogP contribution in [0.3, 0.4) is 0 Å². The number of rotatable bonds is 7. The number of para-hydroxylation sites is 1. The van der Waals surface area contributed by atoms with E-state index in [2.05, 4.69) is 12.2 Å². The molecule has 1 aliphatic carbocycles. The van der Waals surface area contributed by atoms with E-state index in [0.717, 1.165) is 12.0 Å². The molecule has 1 saturated carbocycles. The van der Waals surface area contributed by atoms with Crippen molar-refractivity contribution in [1.82, 2.24) is 4.90 Å². The highest BCUT2D eigenvalue weighted by Gasteiger charge is 2.29. The van der Waals surface area contributed by atoms with Gasteiger partial charge in [0.15, 0.2) is 0 Å². The smallest absolute Gasteiger partial charge is 0.410 e. The molecule has 1 aliphatic rings. The van der Waals surface area contributed by atoms with Crippen LogP contribution < -0.4 is 5.32 Å². The summed E-state index contributed by atoms with van der Waals surface area (Å²) in [5.41, 5.74) is 0.688. The van der Waals surface area contributed by atoms with Gasteiger partial charge in [-0.2, -0.15) is 0 Å². The van der Waals surface area contributed by atoms with Gasteiger partial charge in [-0.05, 0) is 63.8 Å². The number of amides is 2. The standard InChI is InChI=1S/C28H37FN2O3/c1-20(18-21-12-6-5-7-13-21)31(27(33)34-28(2,3)4)19-22-14-8-11-17-25(22)30-26(32)23-15-9-10-16-24(23)29/h8-11,14-17,20-21H,5-7,12-13,18-19H2,1-4H3,(H,30,32). The fourth-order valence-corrected chi connectivity index (χ4v) is 4.55. The summed E-state index contributed by atoms with van der Waals surface area (Å²) in [6, 6.07) is 13.2. The molecule has 2 aromatic carbocycles. The summed E-state index contributed by atoms with van der Waals surface area (Å²) in [5.74, 6) is -0.497. The first-order chi connectivity index (χ1) is 16.1. The summed E-state index contributed by atoms with van der Waals surface area (Å²) in [4.78, 5) is 27.7. The molecule has 3 rings (SSSR count). The van der Waals surface area contributed by atoms with E-state index < -0.39 is 17.3 Å². The zero-order chi connectivity index (χ0) is 24.7. The van der Waals surface area contributed by atoms with Crippen molar-refractivity contribution in [3.8, 4) is 0 Å². The lowest BCUT2D eigenvalue weighted by Gasteiger charge is -2.34. The van der Waals surface area contributed by atoms with Crippen molar-refractivity contribution in [2.75, 3.05) is 5.32 Å². The second-order valence-electron chi connectivity index (χ2n) is 10.3. The van der Waals surface area contributed by atoms with E-state index in [0.29, 0.717) is 11.6 Å². The molecule has 1 atom stereocenters. The van der Waals surface area contributed by atoms with Crippen LogP contribution in [-0.4, -0.2) is 28.5 Å². The van der Waals surface area contributed by atoms with Crippen LogP contribution in [-0.2, 0) is 11.3 Å². The molecule has 0 aromatic heterocycles. The molecule has 1 N–H and O–H groups in total. The van der Waals surface area contributed by atoms with E-state index in [9.17, 15) is 14.0 Å². The molecule has 0 heterocycles. The summed E-state index contributed by atoms with van der Waals surface area (Å²) in [6.45, 7) is 7.93. The normalized spacial score (nSPS) is 15.4. The maximum Gasteiger partial charge on any atom is 0.410 e. The number of halogens is 1. The van der Waals surface area contributed by atoms with E-state index >= 15 is 0 Å². The van der Waals surface area contributed by atoms with E-state index in [1.807, 2.05) is 39.0 Å². The van der Waals surface area contributed by atoms with Crippen LogP contribution in [0.25, 0.3) is 0 Å². The maximum absolute atomic E-state index is 14.1. The van der Waals surface area contributed by atoms with Gasteiger partial charge in [0, 0.05) is 11.7 Å². The molecule has 0 radical (unpaired) electrons. The van der Waals surface area contributed by atoms with Gasteiger partial charge in [0.1, 0.15) is 11.4 Å². The zero-order valence-electron chi connectivity index (χ0n) is 20.8. The third-order valence-electron chi connectivity index (χ3n) is 6.28. The fraction of sp³-hybridized carbons (Fsp3) is 0.500. The monoisotopic (exact) mass is 468 g/mol. The summed E-state index contributed by atoms with van der Waals surface area (Å²) in [5, 5.41) is 2.82. The second-order valence-corrected chi connectivity index (χ2v) is 10.3. The van der Waals surface area contributed by atoms with Gasteiger partial charge in [-0.25, -0.2) is 9.18 Å². The number of hydrogen-bond acceptors (Lipinski definition) is 3. The molecular formula is C28H37FN2O3. The summed E-state index contributed by atoms with van der Waals surface area (Å²) in [7, 11) is 0. The van der Waals surface area contributed by atoms with Gasteiger partial charge in [-0.1, -0.05) is 62.4 Å². The number of ether oxygens (including phenoxy) is 1. The van der Waals surface area contributed by atoms with Crippen molar-refractivity contribution in [3.05, 3.63) is 65.5 Å². The molecule has 5 nitrogen and oxygen atoms in total. The Morgan fingerprint density at radius 2 is 1.71 bits per heavy atom. The van der Waals surface area contributed by atoms with E-state index in [1.165, 1.54) is 44.2 Å². The molecule has 1 unspecified atom stereocenters. The van der Waals surface area contributed by atoms with Crippen molar-refractivity contribution in [2.24, 2.45) is 5.92 Å². The van der Waals surface area contributed by atoms with Crippen molar-refractivity contribution in [1.29, 1.82) is 0 Å². The lowest BCUT2D eigenvalue weighted by Crippen LogP contribution is -2.42. The third kappa shape index (κ3) is 7.31. The molecule has 1 fully saturated rings. The van der Waals surface area contributed by atoms with Gasteiger partial charge in [0.05, 0.1) is 12.1 Å². The Morgan fingerprint density at radius 3 is 2.38 bits per heavy atom. The van der Waals surface area contributed by atoms with Crippen LogP contribution in [0.1, 0.15) is 82.1 Å².